The third kappa shape index (κ3) is 10.6. The summed E-state index contributed by atoms with van der Waals surface area (Å²) in [5, 5.41) is 7.88. The number of aliphatic hydroxyl groups is 1. The number of amides is 2. The van der Waals surface area contributed by atoms with Gasteiger partial charge in [-0.1, -0.05) is 48.1 Å². The molecule has 1 fully saturated rings. The quantitative estimate of drug-likeness (QED) is 0.599. The largest absolute Gasteiger partial charge is 0.396 e. The highest BCUT2D eigenvalue weighted by molar-refractivity contribution is 5.78. The van der Waals surface area contributed by atoms with Crippen LogP contribution in [-0.2, 0) is 9.59 Å². The summed E-state index contributed by atoms with van der Waals surface area (Å²) in [5.74, 6) is 0.492. The molecular weight excluding hydrogens is 404 g/mol. The number of rotatable bonds is 8. The number of carbonyl (C=O) groups excluding carboxylic acids is 2. The van der Waals surface area contributed by atoms with Crippen LogP contribution in [0.5, 0.6) is 0 Å². The fourth-order valence-corrected chi connectivity index (χ4v) is 3.64. The minimum Gasteiger partial charge on any atom is -0.396 e. The normalized spacial score (nSPS) is 17.1. The summed E-state index contributed by atoms with van der Waals surface area (Å²) in [6.45, 7) is 12.0. The van der Waals surface area contributed by atoms with Crippen LogP contribution in [0.3, 0.4) is 0 Å². The van der Waals surface area contributed by atoms with E-state index < -0.39 is 0 Å². The van der Waals surface area contributed by atoms with Crippen molar-refractivity contribution in [2.45, 2.75) is 73.8 Å². The molecule has 1 saturated heterocycles. The molecule has 32 heavy (non-hydrogen) atoms. The predicted octanol–water partition coefficient (Wildman–Crippen LogP) is 4.19. The second-order valence-electron chi connectivity index (χ2n) is 7.54. The number of nitrogens with zero attached hydrogens (tertiary/aromatic N) is 4. The van der Waals surface area contributed by atoms with Crippen LogP contribution in [-0.4, -0.2) is 77.1 Å². The zero-order valence-electron chi connectivity index (χ0n) is 20.7. The maximum absolute atomic E-state index is 12.4. The van der Waals surface area contributed by atoms with E-state index in [9.17, 15) is 9.59 Å². The van der Waals surface area contributed by atoms with Gasteiger partial charge in [0.05, 0.1) is 6.67 Å². The molecule has 1 aliphatic rings. The highest BCUT2D eigenvalue weighted by Gasteiger charge is 2.35. The monoisotopic (exact) mass is 452 g/mol. The Balaban J connectivity index is 0. The van der Waals surface area contributed by atoms with Crippen LogP contribution in [0.25, 0.3) is 0 Å². The molecule has 1 N–H and O–H groups in total. The van der Waals surface area contributed by atoms with Gasteiger partial charge in [0.2, 0.25) is 11.8 Å². The lowest BCUT2D eigenvalue weighted by Gasteiger charge is -2.33. The third-order valence-electron chi connectivity index (χ3n) is 5.24. The van der Waals surface area contributed by atoms with Gasteiger partial charge < -0.3 is 14.9 Å². The van der Waals surface area contributed by atoms with Crippen LogP contribution in [0.1, 0.15) is 79.3 Å². The van der Waals surface area contributed by atoms with Gasteiger partial charge >= 0.3 is 0 Å². The summed E-state index contributed by atoms with van der Waals surface area (Å²) < 4.78 is 0. The number of hydrogen-bond donors (Lipinski definition) is 1. The van der Waals surface area contributed by atoms with Gasteiger partial charge in [-0.15, -0.1) is 0 Å². The molecule has 2 heterocycles. The molecule has 7 heteroatoms. The van der Waals surface area contributed by atoms with Crippen molar-refractivity contribution in [2.75, 3.05) is 40.5 Å². The van der Waals surface area contributed by atoms with Crippen LogP contribution in [0, 0.1) is 5.92 Å². The van der Waals surface area contributed by atoms with E-state index in [-0.39, 0.29) is 25.3 Å². The molecule has 0 saturated carbocycles. The van der Waals surface area contributed by atoms with E-state index in [1.54, 1.807) is 18.1 Å². The first kappa shape index (κ1) is 32.2. The van der Waals surface area contributed by atoms with E-state index in [0.29, 0.717) is 38.6 Å². The Hall–Kier alpha value is -1.99. The first-order valence-corrected chi connectivity index (χ1v) is 11.6. The van der Waals surface area contributed by atoms with Crippen molar-refractivity contribution in [3.05, 3.63) is 30.1 Å². The number of hydrogen-bond acceptors (Lipinski definition) is 5. The van der Waals surface area contributed by atoms with Crippen molar-refractivity contribution < 1.29 is 14.7 Å². The summed E-state index contributed by atoms with van der Waals surface area (Å²) in [5.41, 5.74) is 1.19. The summed E-state index contributed by atoms with van der Waals surface area (Å²) >= 11 is 0. The zero-order chi connectivity index (χ0) is 23.8. The zero-order valence-corrected chi connectivity index (χ0v) is 20.7. The average molecular weight is 453 g/mol. The fourth-order valence-electron chi connectivity index (χ4n) is 3.64. The molecule has 2 unspecified atom stereocenters. The van der Waals surface area contributed by atoms with Gasteiger partial charge in [-0.3, -0.25) is 19.5 Å². The van der Waals surface area contributed by atoms with Gasteiger partial charge in [0.1, 0.15) is 0 Å². The van der Waals surface area contributed by atoms with E-state index in [2.05, 4.69) is 23.0 Å². The molecule has 0 spiro atoms. The average Bonchev–Trinajstić information content (AvgIpc) is 3.19. The lowest BCUT2D eigenvalue weighted by atomic mass is 9.94. The Labute approximate surface area is 196 Å². The summed E-state index contributed by atoms with van der Waals surface area (Å²) in [7, 11) is 3.89. The van der Waals surface area contributed by atoms with Crippen molar-refractivity contribution in [3.63, 3.8) is 0 Å². The maximum Gasteiger partial charge on any atom is 0.223 e. The SMILES string of the molecule is C.CC.CCC(=O)N(C)CN(CC1CCN(C)C1c1cccnc1)C(=O)CC.CCCO. The molecule has 0 bridgehead atoms. The fraction of sp³-hybridized carbons (Fsp3) is 0.720. The summed E-state index contributed by atoms with van der Waals surface area (Å²) in [6.07, 6.45) is 6.52. The molecule has 186 valence electrons. The van der Waals surface area contributed by atoms with Crippen LogP contribution in [0.15, 0.2) is 24.5 Å². The number of aliphatic hydroxyl groups excluding tert-OH is 1. The summed E-state index contributed by atoms with van der Waals surface area (Å²) in [4.78, 5) is 34.4. The third-order valence-corrected chi connectivity index (χ3v) is 5.24. The van der Waals surface area contributed by atoms with Gasteiger partial charge in [-0.05, 0) is 44.0 Å². The first-order chi connectivity index (χ1) is 14.9. The minimum absolute atomic E-state index is 0. The lowest BCUT2D eigenvalue weighted by molar-refractivity contribution is -0.138. The van der Waals surface area contributed by atoms with Crippen LogP contribution in [0.2, 0.25) is 0 Å². The van der Waals surface area contributed by atoms with Gasteiger partial charge in [0.25, 0.3) is 0 Å². The van der Waals surface area contributed by atoms with E-state index >= 15 is 0 Å². The molecule has 2 atom stereocenters. The molecule has 0 aromatic carbocycles. The van der Waals surface area contributed by atoms with Gasteiger partial charge in [-0.2, -0.15) is 0 Å². The minimum atomic E-state index is 0. The van der Waals surface area contributed by atoms with E-state index in [0.717, 1.165) is 19.4 Å². The van der Waals surface area contributed by atoms with Crippen molar-refractivity contribution in [1.29, 1.82) is 0 Å². The Morgan fingerprint density at radius 2 is 1.78 bits per heavy atom. The molecule has 0 radical (unpaired) electrons. The maximum atomic E-state index is 12.4. The molecule has 1 aromatic heterocycles. The second kappa shape index (κ2) is 18.6. The van der Waals surface area contributed by atoms with Gasteiger partial charge in [0, 0.05) is 51.5 Å². The summed E-state index contributed by atoms with van der Waals surface area (Å²) in [6, 6.07) is 4.32. The molecule has 1 aliphatic heterocycles. The highest BCUT2D eigenvalue weighted by Crippen LogP contribution is 2.36. The molecule has 7 nitrogen and oxygen atoms in total. The van der Waals surface area contributed by atoms with Crippen molar-refractivity contribution in [2.24, 2.45) is 5.92 Å². The van der Waals surface area contributed by atoms with Gasteiger partial charge in [0.15, 0.2) is 0 Å². The molecule has 0 aliphatic carbocycles. The second-order valence-corrected chi connectivity index (χ2v) is 7.54. The number of carbonyl (C=O) groups is 2. The van der Waals surface area contributed by atoms with Crippen molar-refractivity contribution >= 4 is 11.8 Å². The van der Waals surface area contributed by atoms with Crippen molar-refractivity contribution in [1.82, 2.24) is 19.7 Å². The van der Waals surface area contributed by atoms with Crippen LogP contribution in [0.4, 0.5) is 0 Å². The molecular formula is C25H48N4O3. The Bertz CT molecular complexity index is 610. The Morgan fingerprint density at radius 1 is 1.19 bits per heavy atom. The van der Waals surface area contributed by atoms with E-state index in [1.807, 2.05) is 51.8 Å². The highest BCUT2D eigenvalue weighted by atomic mass is 16.2. The smallest absolute Gasteiger partial charge is 0.223 e. The van der Waals surface area contributed by atoms with Crippen LogP contribution >= 0.6 is 0 Å². The predicted molar refractivity (Wildman–Crippen MR) is 133 cm³/mol. The molecule has 2 rings (SSSR count). The van der Waals surface area contributed by atoms with Crippen molar-refractivity contribution in [3.8, 4) is 0 Å². The van der Waals surface area contributed by atoms with Gasteiger partial charge in [-0.25, -0.2) is 0 Å². The van der Waals surface area contributed by atoms with E-state index in [4.69, 9.17) is 5.11 Å². The number of likely N-dealkylation sites (tertiary alicyclic amines) is 1. The van der Waals surface area contributed by atoms with E-state index in [1.165, 1.54) is 5.56 Å². The first-order valence-electron chi connectivity index (χ1n) is 11.6. The number of pyridine rings is 1. The Morgan fingerprint density at radius 3 is 2.25 bits per heavy atom. The Kier molecular flexibility index (Phi) is 18.7. The standard InChI is InChI=1S/C19H30N4O2.C3H8O.C2H6.CH4/c1-5-17(24)22(4)14-23(18(25)6-2)13-16-9-11-21(3)19(16)15-8-7-10-20-12-15;1-2-3-4;1-2;/h7-8,10,12,16,19H,5-6,9,11,13-14H2,1-4H3;4H,2-3H2,1H3;1-2H3;1H4. The number of aromatic nitrogens is 1. The molecule has 2 amide bonds. The van der Waals surface area contributed by atoms with Crippen LogP contribution < -0.4 is 0 Å². The molecule has 1 aromatic rings. The lowest BCUT2D eigenvalue weighted by Crippen LogP contribution is -2.44. The topological polar surface area (TPSA) is 77.0 Å².